The number of hydrogen-bond donors (Lipinski definition) is 1. The van der Waals surface area contributed by atoms with Gasteiger partial charge in [-0.05, 0) is 30.7 Å². The van der Waals surface area contributed by atoms with E-state index in [0.717, 1.165) is 11.3 Å². The van der Waals surface area contributed by atoms with Crippen molar-refractivity contribution in [1.82, 2.24) is 0 Å². The zero-order valence-corrected chi connectivity index (χ0v) is 11.4. The minimum absolute atomic E-state index is 0.0337. The molecule has 5 heteroatoms. The lowest BCUT2D eigenvalue weighted by Gasteiger charge is -2.03. The van der Waals surface area contributed by atoms with Crippen molar-refractivity contribution in [3.63, 3.8) is 0 Å². The van der Waals surface area contributed by atoms with Gasteiger partial charge in [0.15, 0.2) is 5.78 Å². The van der Waals surface area contributed by atoms with Crippen molar-refractivity contribution in [2.24, 2.45) is 0 Å². The average Bonchev–Trinajstić information content (AvgIpc) is 2.49. The summed E-state index contributed by atoms with van der Waals surface area (Å²) in [6, 6.07) is 13.2. The highest BCUT2D eigenvalue weighted by Gasteiger charge is 2.07. The van der Waals surface area contributed by atoms with Gasteiger partial charge in [0.25, 0.3) is 5.69 Å². The lowest BCUT2D eigenvalue weighted by atomic mass is 10.1. The highest BCUT2D eigenvalue weighted by molar-refractivity contribution is 6.04. The molecule has 2 aromatic carbocycles. The van der Waals surface area contributed by atoms with E-state index in [4.69, 9.17) is 0 Å². The van der Waals surface area contributed by atoms with Crippen molar-refractivity contribution in [3.05, 3.63) is 82.0 Å². The number of non-ortho nitro benzene ring substituents is 1. The number of para-hydroxylation sites is 1. The number of carbonyl (C=O) groups is 1. The van der Waals surface area contributed by atoms with E-state index in [0.29, 0.717) is 5.56 Å². The van der Waals surface area contributed by atoms with Gasteiger partial charge in [-0.2, -0.15) is 0 Å². The summed E-state index contributed by atoms with van der Waals surface area (Å²) in [6.07, 6.45) is 2.96. The number of aryl methyl sites for hydroxylation is 1. The van der Waals surface area contributed by atoms with Gasteiger partial charge in [-0.25, -0.2) is 0 Å². The summed E-state index contributed by atoms with van der Waals surface area (Å²) in [4.78, 5) is 21.9. The van der Waals surface area contributed by atoms with Gasteiger partial charge in [-0.15, -0.1) is 0 Å². The normalized spacial score (nSPS) is 10.5. The molecule has 0 amide bonds. The molecule has 0 saturated heterocycles. The third-order valence-electron chi connectivity index (χ3n) is 2.98. The first kappa shape index (κ1) is 14.5. The molecule has 2 rings (SSSR count). The Bertz CT molecular complexity index is 691. The molecule has 0 aliphatic rings. The zero-order chi connectivity index (χ0) is 15.2. The first-order chi connectivity index (χ1) is 10.1. The number of allylic oxidation sites excluding steroid dienone is 1. The van der Waals surface area contributed by atoms with Gasteiger partial charge in [0.2, 0.25) is 0 Å². The molecule has 0 heterocycles. The van der Waals surface area contributed by atoms with Crippen LogP contribution in [0.15, 0.2) is 60.8 Å². The minimum Gasteiger partial charge on any atom is -0.361 e. The van der Waals surface area contributed by atoms with Gasteiger partial charge < -0.3 is 5.32 Å². The molecule has 0 saturated carbocycles. The number of rotatable bonds is 5. The van der Waals surface area contributed by atoms with Gasteiger partial charge >= 0.3 is 0 Å². The summed E-state index contributed by atoms with van der Waals surface area (Å²) in [7, 11) is 0. The number of hydrogen-bond acceptors (Lipinski definition) is 4. The number of nitrogens with one attached hydrogen (secondary N) is 1. The molecule has 0 aliphatic heterocycles. The number of benzene rings is 2. The Morgan fingerprint density at radius 1 is 1.14 bits per heavy atom. The maximum Gasteiger partial charge on any atom is 0.269 e. The van der Waals surface area contributed by atoms with Gasteiger partial charge in [0.05, 0.1) is 4.92 Å². The maximum absolute atomic E-state index is 11.9. The third-order valence-corrected chi connectivity index (χ3v) is 2.98. The highest BCUT2D eigenvalue weighted by Crippen LogP contribution is 2.14. The van der Waals surface area contributed by atoms with Crippen LogP contribution in [0.4, 0.5) is 11.4 Å². The van der Waals surface area contributed by atoms with E-state index in [9.17, 15) is 14.9 Å². The summed E-state index contributed by atoms with van der Waals surface area (Å²) in [5, 5.41) is 13.6. The summed E-state index contributed by atoms with van der Waals surface area (Å²) < 4.78 is 0. The lowest BCUT2D eigenvalue weighted by Crippen LogP contribution is -1.97. The van der Waals surface area contributed by atoms with Crippen LogP contribution in [-0.2, 0) is 0 Å². The van der Waals surface area contributed by atoms with Crippen LogP contribution < -0.4 is 5.32 Å². The second-order valence-corrected chi connectivity index (χ2v) is 4.46. The number of nitro benzene ring substituents is 1. The maximum atomic E-state index is 11.9. The van der Waals surface area contributed by atoms with Crippen LogP contribution in [0.1, 0.15) is 15.9 Å². The van der Waals surface area contributed by atoms with Crippen LogP contribution in [0.2, 0.25) is 0 Å². The predicted octanol–water partition coefficient (Wildman–Crippen LogP) is 3.71. The van der Waals surface area contributed by atoms with E-state index < -0.39 is 4.92 Å². The minimum atomic E-state index is -0.496. The summed E-state index contributed by atoms with van der Waals surface area (Å²) in [5.74, 6) is -0.217. The quantitative estimate of drug-likeness (QED) is 0.392. The second kappa shape index (κ2) is 6.47. The van der Waals surface area contributed by atoms with Crippen LogP contribution in [0.3, 0.4) is 0 Å². The summed E-state index contributed by atoms with van der Waals surface area (Å²) >= 11 is 0. The van der Waals surface area contributed by atoms with Crippen LogP contribution in [0.25, 0.3) is 0 Å². The predicted molar refractivity (Wildman–Crippen MR) is 81.4 cm³/mol. The van der Waals surface area contributed by atoms with E-state index in [1.54, 1.807) is 6.20 Å². The lowest BCUT2D eigenvalue weighted by molar-refractivity contribution is -0.384. The van der Waals surface area contributed by atoms with Crippen molar-refractivity contribution >= 4 is 17.2 Å². The summed E-state index contributed by atoms with van der Waals surface area (Å²) in [5.41, 5.74) is 2.37. The average molecular weight is 282 g/mol. The Morgan fingerprint density at radius 3 is 2.43 bits per heavy atom. The second-order valence-electron chi connectivity index (χ2n) is 4.46. The Hall–Kier alpha value is -2.95. The standard InChI is InChI=1S/C16H14N2O3/c1-12-4-2-3-5-15(12)17-11-10-16(19)13-6-8-14(9-7-13)18(20)21/h2-11,17H,1H3/b11-10-. The molecule has 106 valence electrons. The fourth-order valence-corrected chi connectivity index (χ4v) is 1.79. The molecule has 0 radical (unpaired) electrons. The topological polar surface area (TPSA) is 72.2 Å². The van der Waals surface area contributed by atoms with E-state index in [-0.39, 0.29) is 11.5 Å². The number of nitrogens with zero attached hydrogens (tertiary/aromatic N) is 1. The van der Waals surface area contributed by atoms with E-state index in [2.05, 4.69) is 5.32 Å². The first-order valence-corrected chi connectivity index (χ1v) is 6.35. The number of nitro groups is 1. The van der Waals surface area contributed by atoms with Crippen molar-refractivity contribution in [1.29, 1.82) is 0 Å². The molecule has 0 spiro atoms. The smallest absolute Gasteiger partial charge is 0.269 e. The largest absolute Gasteiger partial charge is 0.361 e. The van der Waals surface area contributed by atoms with Crippen molar-refractivity contribution in [3.8, 4) is 0 Å². The molecule has 0 bridgehead atoms. The van der Waals surface area contributed by atoms with Crippen LogP contribution in [0, 0.1) is 17.0 Å². The van der Waals surface area contributed by atoms with Crippen LogP contribution in [-0.4, -0.2) is 10.7 Å². The van der Waals surface area contributed by atoms with Crippen LogP contribution >= 0.6 is 0 Å². The molecule has 0 aromatic heterocycles. The molecule has 0 aliphatic carbocycles. The third kappa shape index (κ3) is 3.76. The van der Waals surface area contributed by atoms with Gasteiger partial charge in [0, 0.05) is 35.7 Å². The molecular formula is C16H14N2O3. The molecule has 0 fully saturated rings. The van der Waals surface area contributed by atoms with Crippen molar-refractivity contribution in [2.45, 2.75) is 6.92 Å². The monoisotopic (exact) mass is 282 g/mol. The number of carbonyl (C=O) groups excluding carboxylic acids is 1. The fraction of sp³-hybridized carbons (Fsp3) is 0.0625. The molecular weight excluding hydrogens is 268 g/mol. The van der Waals surface area contributed by atoms with Crippen molar-refractivity contribution < 1.29 is 9.72 Å². The Labute approximate surface area is 122 Å². The SMILES string of the molecule is Cc1ccccc1N/C=C\C(=O)c1ccc([N+](=O)[O-])cc1. The molecule has 0 unspecified atom stereocenters. The number of anilines is 1. The summed E-state index contributed by atoms with van der Waals surface area (Å²) in [6.45, 7) is 1.97. The molecule has 0 atom stereocenters. The molecule has 1 N–H and O–H groups in total. The first-order valence-electron chi connectivity index (χ1n) is 6.35. The van der Waals surface area contributed by atoms with Gasteiger partial charge in [-0.3, -0.25) is 14.9 Å². The van der Waals surface area contributed by atoms with E-state index in [1.807, 2.05) is 31.2 Å². The Balaban J connectivity index is 2.02. The van der Waals surface area contributed by atoms with E-state index >= 15 is 0 Å². The Morgan fingerprint density at radius 2 is 1.81 bits per heavy atom. The van der Waals surface area contributed by atoms with Gasteiger partial charge in [0.1, 0.15) is 0 Å². The molecule has 21 heavy (non-hydrogen) atoms. The van der Waals surface area contributed by atoms with Crippen LogP contribution in [0.5, 0.6) is 0 Å². The highest BCUT2D eigenvalue weighted by atomic mass is 16.6. The number of ketones is 1. The van der Waals surface area contributed by atoms with Gasteiger partial charge in [-0.1, -0.05) is 18.2 Å². The van der Waals surface area contributed by atoms with E-state index in [1.165, 1.54) is 30.3 Å². The zero-order valence-electron chi connectivity index (χ0n) is 11.4. The van der Waals surface area contributed by atoms with Crippen molar-refractivity contribution in [2.75, 3.05) is 5.32 Å². The fourth-order valence-electron chi connectivity index (χ4n) is 1.79. The molecule has 2 aromatic rings. The molecule has 5 nitrogen and oxygen atoms in total. The Kier molecular flexibility index (Phi) is 4.46.